The fourth-order valence-electron chi connectivity index (χ4n) is 2.31. The molecule has 0 bridgehead atoms. The Kier molecular flexibility index (Phi) is 3.54. The number of nitrogens with one attached hydrogen (secondary N) is 1. The predicted molar refractivity (Wildman–Crippen MR) is 68.0 cm³/mol. The van der Waals surface area contributed by atoms with E-state index in [-0.39, 0.29) is 5.54 Å². The number of nitrogens with zero attached hydrogens (tertiary/aromatic N) is 2. The lowest BCUT2D eigenvalue weighted by Crippen LogP contribution is -2.58. The van der Waals surface area contributed by atoms with Gasteiger partial charge in [0.2, 0.25) is 5.89 Å². The van der Waals surface area contributed by atoms with Crippen molar-refractivity contribution in [1.82, 2.24) is 15.2 Å². The van der Waals surface area contributed by atoms with Crippen LogP contribution in [0.2, 0.25) is 0 Å². The van der Waals surface area contributed by atoms with E-state index in [1.54, 1.807) is 0 Å². The molecule has 0 aromatic carbocycles. The van der Waals surface area contributed by atoms with E-state index in [0.29, 0.717) is 0 Å². The zero-order chi connectivity index (χ0) is 12.5. The van der Waals surface area contributed by atoms with Gasteiger partial charge < -0.3 is 9.73 Å². The minimum atomic E-state index is 0.231. The van der Waals surface area contributed by atoms with Crippen molar-refractivity contribution in [3.05, 3.63) is 17.3 Å². The average molecular weight is 237 g/mol. The van der Waals surface area contributed by atoms with Gasteiger partial charge in [-0.15, -0.1) is 0 Å². The van der Waals surface area contributed by atoms with E-state index in [1.165, 1.54) is 0 Å². The van der Waals surface area contributed by atoms with E-state index in [1.807, 2.05) is 13.8 Å². The Hall–Kier alpha value is -0.870. The monoisotopic (exact) mass is 237 g/mol. The quantitative estimate of drug-likeness (QED) is 0.871. The van der Waals surface area contributed by atoms with Gasteiger partial charge in [0.1, 0.15) is 5.76 Å². The number of hydrogen-bond acceptors (Lipinski definition) is 4. The molecule has 0 spiro atoms. The molecule has 1 unspecified atom stereocenters. The normalized spacial score (nSPS) is 26.4. The molecule has 1 aromatic heterocycles. The molecule has 1 fully saturated rings. The molecule has 0 amide bonds. The highest BCUT2D eigenvalue weighted by Gasteiger charge is 2.29. The largest absolute Gasteiger partial charge is 0.444 e. The van der Waals surface area contributed by atoms with Gasteiger partial charge in [-0.25, -0.2) is 4.98 Å². The highest BCUT2D eigenvalue weighted by atomic mass is 16.4. The van der Waals surface area contributed by atoms with Crippen molar-refractivity contribution < 1.29 is 4.42 Å². The lowest BCUT2D eigenvalue weighted by atomic mass is 9.96. The Bertz CT molecular complexity index is 369. The van der Waals surface area contributed by atoms with Crippen LogP contribution in [-0.4, -0.2) is 35.1 Å². The Morgan fingerprint density at radius 2 is 2.24 bits per heavy atom. The van der Waals surface area contributed by atoms with Crippen molar-refractivity contribution in [2.24, 2.45) is 0 Å². The maximum atomic E-state index is 5.65. The van der Waals surface area contributed by atoms with E-state index < -0.39 is 0 Å². The van der Waals surface area contributed by atoms with Crippen LogP contribution in [0.3, 0.4) is 0 Å². The molecule has 1 N–H and O–H groups in total. The van der Waals surface area contributed by atoms with E-state index in [2.05, 4.69) is 29.0 Å². The topological polar surface area (TPSA) is 41.3 Å². The van der Waals surface area contributed by atoms with Crippen LogP contribution < -0.4 is 5.32 Å². The number of aromatic nitrogens is 1. The van der Waals surface area contributed by atoms with Gasteiger partial charge in [-0.2, -0.15) is 0 Å². The van der Waals surface area contributed by atoms with Crippen LogP contribution in [0.5, 0.6) is 0 Å². The van der Waals surface area contributed by atoms with Crippen molar-refractivity contribution >= 4 is 0 Å². The van der Waals surface area contributed by atoms with E-state index in [0.717, 1.165) is 49.9 Å². The summed E-state index contributed by atoms with van der Waals surface area (Å²) in [5, 5.41) is 3.58. The van der Waals surface area contributed by atoms with Crippen LogP contribution >= 0.6 is 0 Å². The average Bonchev–Trinajstić information content (AvgIpc) is 2.58. The molecule has 4 nitrogen and oxygen atoms in total. The van der Waals surface area contributed by atoms with Gasteiger partial charge >= 0.3 is 0 Å². The molecule has 1 aliphatic rings. The van der Waals surface area contributed by atoms with Gasteiger partial charge in [-0.05, 0) is 27.2 Å². The van der Waals surface area contributed by atoms with Gasteiger partial charge in [0.15, 0.2) is 0 Å². The highest BCUT2D eigenvalue weighted by Crippen LogP contribution is 2.18. The summed E-state index contributed by atoms with van der Waals surface area (Å²) in [7, 11) is 0. The van der Waals surface area contributed by atoms with Crippen molar-refractivity contribution in [3.8, 4) is 0 Å². The zero-order valence-corrected chi connectivity index (χ0v) is 11.3. The Balaban J connectivity index is 1.99. The van der Waals surface area contributed by atoms with Gasteiger partial charge in [0.25, 0.3) is 0 Å². The fourth-order valence-corrected chi connectivity index (χ4v) is 2.31. The second kappa shape index (κ2) is 4.78. The van der Waals surface area contributed by atoms with Crippen LogP contribution in [0.4, 0.5) is 0 Å². The third-order valence-corrected chi connectivity index (χ3v) is 3.76. The predicted octanol–water partition coefficient (Wildman–Crippen LogP) is 1.87. The molecule has 96 valence electrons. The van der Waals surface area contributed by atoms with E-state index in [4.69, 9.17) is 4.42 Å². The highest BCUT2D eigenvalue weighted by molar-refractivity contribution is 5.05. The molecule has 0 saturated carbocycles. The number of aryl methyl sites for hydroxylation is 2. The van der Waals surface area contributed by atoms with Crippen molar-refractivity contribution in [2.45, 2.75) is 46.2 Å². The van der Waals surface area contributed by atoms with Crippen molar-refractivity contribution in [1.29, 1.82) is 0 Å². The van der Waals surface area contributed by atoms with Crippen LogP contribution in [-0.2, 0) is 6.54 Å². The second-order valence-corrected chi connectivity index (χ2v) is 5.30. The molecular weight excluding hydrogens is 214 g/mol. The molecule has 4 heteroatoms. The van der Waals surface area contributed by atoms with Gasteiger partial charge in [0, 0.05) is 25.2 Å². The molecule has 1 aliphatic heterocycles. The summed E-state index contributed by atoms with van der Waals surface area (Å²) in [6.45, 7) is 12.5. The molecule has 1 atom stereocenters. The molecule has 1 aromatic rings. The summed E-state index contributed by atoms with van der Waals surface area (Å²) >= 11 is 0. The first-order valence-electron chi connectivity index (χ1n) is 6.43. The molecule has 1 saturated heterocycles. The number of hydrogen-bond donors (Lipinski definition) is 1. The third kappa shape index (κ3) is 2.87. The van der Waals surface area contributed by atoms with Gasteiger partial charge in [-0.3, -0.25) is 4.90 Å². The molecular formula is C13H23N3O. The fraction of sp³-hybridized carbons (Fsp3) is 0.769. The Morgan fingerprint density at radius 3 is 2.82 bits per heavy atom. The third-order valence-electron chi connectivity index (χ3n) is 3.76. The first kappa shape index (κ1) is 12.6. The summed E-state index contributed by atoms with van der Waals surface area (Å²) in [6, 6.07) is 0. The first-order chi connectivity index (χ1) is 8.02. The summed E-state index contributed by atoms with van der Waals surface area (Å²) in [4.78, 5) is 6.87. The minimum absolute atomic E-state index is 0.231. The van der Waals surface area contributed by atoms with E-state index in [9.17, 15) is 0 Å². The molecule has 0 aliphatic carbocycles. The molecule has 2 heterocycles. The SMILES string of the molecule is CCC1(C)CN(Cc2nc(C)c(C)o2)CCN1. The molecule has 17 heavy (non-hydrogen) atoms. The van der Waals surface area contributed by atoms with Crippen LogP contribution in [0.25, 0.3) is 0 Å². The minimum Gasteiger partial charge on any atom is -0.444 e. The second-order valence-electron chi connectivity index (χ2n) is 5.30. The zero-order valence-electron chi connectivity index (χ0n) is 11.3. The standard InChI is InChI=1S/C13H23N3O/c1-5-13(4)9-16(7-6-14-13)8-12-15-10(2)11(3)17-12/h14H,5-9H2,1-4H3. The van der Waals surface area contributed by atoms with Crippen LogP contribution in [0.15, 0.2) is 4.42 Å². The van der Waals surface area contributed by atoms with Crippen molar-refractivity contribution in [3.63, 3.8) is 0 Å². The van der Waals surface area contributed by atoms with E-state index >= 15 is 0 Å². The van der Waals surface area contributed by atoms with Crippen LogP contribution in [0.1, 0.15) is 37.6 Å². The van der Waals surface area contributed by atoms with Gasteiger partial charge in [0.05, 0.1) is 12.2 Å². The van der Waals surface area contributed by atoms with Crippen LogP contribution in [0, 0.1) is 13.8 Å². The lowest BCUT2D eigenvalue weighted by Gasteiger charge is -2.40. The summed E-state index contributed by atoms with van der Waals surface area (Å²) < 4.78 is 5.65. The summed E-state index contributed by atoms with van der Waals surface area (Å²) in [5.74, 6) is 1.79. The smallest absolute Gasteiger partial charge is 0.208 e. The molecule has 0 radical (unpaired) electrons. The summed E-state index contributed by atoms with van der Waals surface area (Å²) in [6.07, 6.45) is 1.15. The number of oxazole rings is 1. The van der Waals surface area contributed by atoms with Crippen molar-refractivity contribution in [2.75, 3.05) is 19.6 Å². The summed E-state index contributed by atoms with van der Waals surface area (Å²) in [5.41, 5.74) is 1.24. The van der Waals surface area contributed by atoms with Gasteiger partial charge in [-0.1, -0.05) is 6.92 Å². The maximum Gasteiger partial charge on any atom is 0.208 e. The Morgan fingerprint density at radius 1 is 1.47 bits per heavy atom. The lowest BCUT2D eigenvalue weighted by molar-refractivity contribution is 0.124. The number of rotatable bonds is 3. The maximum absolute atomic E-state index is 5.65. The number of piperazine rings is 1. The first-order valence-corrected chi connectivity index (χ1v) is 6.43. The molecule has 2 rings (SSSR count). The Labute approximate surface area is 103 Å².